The Labute approximate surface area is 269 Å². The molecule has 2 aromatic rings. The first-order valence-electron chi connectivity index (χ1n) is 14.0. The Balaban J connectivity index is 1.50. The van der Waals surface area contributed by atoms with Gasteiger partial charge in [0.15, 0.2) is 17.3 Å². The zero-order valence-corrected chi connectivity index (χ0v) is 26.1. The van der Waals surface area contributed by atoms with E-state index in [2.05, 4.69) is 15.9 Å². The number of amides is 2. The summed E-state index contributed by atoms with van der Waals surface area (Å²) in [7, 11) is 4.19. The highest BCUT2D eigenvalue weighted by Crippen LogP contribution is 2.57. The standard InChI is InChI=1S/C31H25BrN4O10/c1-33(2)28-21(35(42)43)8-13(9-22(28)36(44)45)34-30(40)17-7-6-15-18(26(17)31(34)41)11-19-27(23(38)12-20(32)29(19)39)25(15)16-5-4-14(37)10-24(16)46-3/h4-6,8-10,12,17-18,25-26,37H,7,11H2,1-3H3/t17-,18+,25+,26-/m0/s1. The number of fused-ring (bicyclic) bond motifs is 3. The largest absolute Gasteiger partial charge is 0.508 e. The van der Waals surface area contributed by atoms with E-state index in [-0.39, 0.29) is 51.3 Å². The van der Waals surface area contributed by atoms with Gasteiger partial charge in [0, 0.05) is 61.0 Å². The fourth-order valence-electron chi connectivity index (χ4n) is 7.21. The number of carbonyl (C=O) groups is 4. The Morgan fingerprint density at radius 2 is 1.65 bits per heavy atom. The summed E-state index contributed by atoms with van der Waals surface area (Å²) in [5, 5.41) is 34.1. The second kappa shape index (κ2) is 11.0. The van der Waals surface area contributed by atoms with Crippen molar-refractivity contribution in [2.45, 2.75) is 18.8 Å². The van der Waals surface area contributed by atoms with Gasteiger partial charge in [0.05, 0.1) is 39.0 Å². The fraction of sp³-hybridized carbons (Fsp3) is 0.290. The molecule has 6 rings (SSSR count). The average Bonchev–Trinajstić information content (AvgIpc) is 3.27. The van der Waals surface area contributed by atoms with E-state index in [0.717, 1.165) is 17.0 Å². The predicted molar refractivity (Wildman–Crippen MR) is 166 cm³/mol. The van der Waals surface area contributed by atoms with Crippen molar-refractivity contribution in [3.05, 3.63) is 89.5 Å². The Morgan fingerprint density at radius 3 is 2.24 bits per heavy atom. The van der Waals surface area contributed by atoms with E-state index in [1.54, 1.807) is 12.1 Å². The van der Waals surface area contributed by atoms with E-state index in [1.807, 2.05) is 0 Å². The number of nitro benzene ring substituents is 2. The highest BCUT2D eigenvalue weighted by atomic mass is 79.9. The Morgan fingerprint density at radius 1 is 1.00 bits per heavy atom. The fourth-order valence-corrected chi connectivity index (χ4v) is 7.66. The number of methoxy groups -OCH3 is 1. The number of ketones is 2. The number of aromatic hydroxyl groups is 1. The van der Waals surface area contributed by atoms with Crippen molar-refractivity contribution in [2.24, 2.45) is 17.8 Å². The van der Waals surface area contributed by atoms with Crippen LogP contribution < -0.4 is 14.5 Å². The number of anilines is 2. The molecule has 0 unspecified atom stereocenters. The molecule has 1 saturated heterocycles. The lowest BCUT2D eigenvalue weighted by atomic mass is 9.59. The number of phenolic OH excluding ortho intramolecular Hbond substituents is 1. The molecule has 3 aliphatic carbocycles. The summed E-state index contributed by atoms with van der Waals surface area (Å²) >= 11 is 3.17. The van der Waals surface area contributed by atoms with Crippen LogP contribution in [0.25, 0.3) is 0 Å². The lowest BCUT2D eigenvalue weighted by molar-refractivity contribution is -0.392. The normalized spacial score (nSPS) is 23.8. The number of halogens is 1. The molecular weight excluding hydrogens is 668 g/mol. The lowest BCUT2D eigenvalue weighted by Gasteiger charge is -2.42. The zero-order valence-electron chi connectivity index (χ0n) is 24.6. The second-order valence-electron chi connectivity index (χ2n) is 11.6. The van der Waals surface area contributed by atoms with Crippen LogP contribution in [0, 0.1) is 38.0 Å². The number of allylic oxidation sites excluding steroid dienone is 6. The van der Waals surface area contributed by atoms with Crippen molar-refractivity contribution < 1.29 is 38.9 Å². The summed E-state index contributed by atoms with van der Waals surface area (Å²) in [5.74, 6) is -5.68. The first-order valence-corrected chi connectivity index (χ1v) is 14.8. The number of nitro groups is 2. The van der Waals surface area contributed by atoms with Gasteiger partial charge in [0.25, 0.3) is 0 Å². The first-order chi connectivity index (χ1) is 21.8. The summed E-state index contributed by atoms with van der Waals surface area (Å²) in [6, 6.07) is 6.30. The number of hydrogen-bond donors (Lipinski definition) is 1. The third-order valence-corrected chi connectivity index (χ3v) is 9.60. The van der Waals surface area contributed by atoms with Crippen molar-refractivity contribution in [3.63, 3.8) is 0 Å². The van der Waals surface area contributed by atoms with Crippen LogP contribution in [0.4, 0.5) is 22.7 Å². The van der Waals surface area contributed by atoms with E-state index < -0.39 is 68.3 Å². The van der Waals surface area contributed by atoms with Crippen molar-refractivity contribution in [3.8, 4) is 11.5 Å². The van der Waals surface area contributed by atoms with Crippen LogP contribution in [0.2, 0.25) is 0 Å². The third-order valence-electron chi connectivity index (χ3n) is 9.01. The van der Waals surface area contributed by atoms with Gasteiger partial charge < -0.3 is 14.7 Å². The summed E-state index contributed by atoms with van der Waals surface area (Å²) in [5.41, 5.74) is -0.460. The van der Waals surface area contributed by atoms with Crippen molar-refractivity contribution in [1.29, 1.82) is 0 Å². The predicted octanol–water partition coefficient (Wildman–Crippen LogP) is 4.25. The molecule has 1 fully saturated rings. The molecule has 1 heterocycles. The molecule has 46 heavy (non-hydrogen) atoms. The maximum absolute atomic E-state index is 14.2. The minimum absolute atomic E-state index is 0.0422. The molecular formula is C31H25BrN4O10. The third kappa shape index (κ3) is 4.52. The van der Waals surface area contributed by atoms with Crippen molar-refractivity contribution >= 4 is 62.1 Å². The van der Waals surface area contributed by atoms with Crippen molar-refractivity contribution in [2.75, 3.05) is 31.0 Å². The molecule has 14 nitrogen and oxygen atoms in total. The van der Waals surface area contributed by atoms with Crippen LogP contribution >= 0.6 is 15.9 Å². The van der Waals surface area contributed by atoms with Gasteiger partial charge in [-0.3, -0.25) is 39.4 Å². The van der Waals surface area contributed by atoms with Crippen LogP contribution in [0.5, 0.6) is 11.5 Å². The highest BCUT2D eigenvalue weighted by molar-refractivity contribution is 9.12. The summed E-state index contributed by atoms with van der Waals surface area (Å²) in [4.78, 5) is 79.4. The SMILES string of the molecule is COc1cc(O)ccc1[C@H]1C2=CC[C@@H]3C(=O)N(c4cc([N+](=O)[O-])c(N(C)C)c([N+](=O)[O-])c4)C(=O)[C@@H]3[C@@H]2CC2=C1C(=O)C=C(Br)C2=O. The second-order valence-corrected chi connectivity index (χ2v) is 12.4. The van der Waals surface area contributed by atoms with Gasteiger partial charge >= 0.3 is 11.4 Å². The number of phenols is 1. The average molecular weight is 693 g/mol. The molecule has 15 heteroatoms. The number of Topliss-reactive ketones (excluding diaryl/α,β-unsaturated/α-hetero) is 1. The number of hydrogen-bond acceptors (Lipinski definition) is 11. The quantitative estimate of drug-likeness (QED) is 0.150. The van der Waals surface area contributed by atoms with Gasteiger partial charge in [-0.25, -0.2) is 4.90 Å². The molecule has 0 radical (unpaired) electrons. The molecule has 4 aliphatic rings. The molecule has 0 bridgehead atoms. The smallest absolute Gasteiger partial charge is 0.301 e. The summed E-state index contributed by atoms with van der Waals surface area (Å²) in [6.07, 6.45) is 2.99. The van der Waals surface area contributed by atoms with Gasteiger partial charge in [-0.2, -0.15) is 0 Å². The monoisotopic (exact) mass is 692 g/mol. The van der Waals surface area contributed by atoms with Gasteiger partial charge in [0.1, 0.15) is 11.5 Å². The van der Waals surface area contributed by atoms with Crippen LogP contribution in [0.15, 0.2) is 63.7 Å². The number of ether oxygens (including phenoxy) is 1. The van der Waals surface area contributed by atoms with Gasteiger partial charge in [0.2, 0.25) is 11.8 Å². The molecule has 1 N–H and O–H groups in total. The Hall–Kier alpha value is -5.18. The topological polar surface area (TPSA) is 190 Å². The molecule has 0 aromatic heterocycles. The van der Waals surface area contributed by atoms with E-state index in [0.29, 0.717) is 11.1 Å². The Kier molecular flexibility index (Phi) is 7.38. The summed E-state index contributed by atoms with van der Waals surface area (Å²) < 4.78 is 5.58. The lowest BCUT2D eigenvalue weighted by Crippen LogP contribution is -2.39. The van der Waals surface area contributed by atoms with Crippen LogP contribution in [-0.2, 0) is 19.2 Å². The maximum Gasteiger partial charge on any atom is 0.301 e. The number of imide groups is 1. The number of benzene rings is 2. The minimum Gasteiger partial charge on any atom is -0.508 e. The molecule has 1 aliphatic heterocycles. The maximum atomic E-state index is 14.2. The summed E-state index contributed by atoms with van der Waals surface area (Å²) in [6.45, 7) is 0. The minimum atomic E-state index is -1.04. The van der Waals surface area contributed by atoms with Crippen LogP contribution in [0.1, 0.15) is 24.3 Å². The molecule has 236 valence electrons. The van der Waals surface area contributed by atoms with Gasteiger partial charge in [-0.15, -0.1) is 0 Å². The molecule has 0 spiro atoms. The van der Waals surface area contributed by atoms with Gasteiger partial charge in [-0.05, 0) is 40.8 Å². The first kappa shape index (κ1) is 30.8. The number of rotatable bonds is 6. The highest BCUT2D eigenvalue weighted by Gasteiger charge is 2.57. The van der Waals surface area contributed by atoms with Crippen LogP contribution in [0.3, 0.4) is 0 Å². The van der Waals surface area contributed by atoms with E-state index in [1.165, 1.54) is 44.3 Å². The number of carbonyl (C=O) groups excluding carboxylic acids is 4. The zero-order chi connectivity index (χ0) is 33.4. The molecule has 2 amide bonds. The van der Waals surface area contributed by atoms with E-state index >= 15 is 0 Å². The van der Waals surface area contributed by atoms with Gasteiger partial charge in [-0.1, -0.05) is 17.7 Å². The van der Waals surface area contributed by atoms with Crippen molar-refractivity contribution in [1.82, 2.24) is 0 Å². The van der Waals surface area contributed by atoms with E-state index in [9.17, 15) is 44.5 Å². The van der Waals surface area contributed by atoms with E-state index in [4.69, 9.17) is 4.74 Å². The molecule has 0 saturated carbocycles. The molecule has 2 aromatic carbocycles. The Bertz CT molecular complexity index is 1880. The number of nitrogens with zero attached hydrogens (tertiary/aromatic N) is 4. The van der Waals surface area contributed by atoms with Crippen LogP contribution in [-0.4, -0.2) is 59.5 Å². The molecule has 4 atom stereocenters.